The van der Waals surface area contributed by atoms with Crippen molar-refractivity contribution in [2.45, 2.75) is 38.0 Å². The lowest BCUT2D eigenvalue weighted by Gasteiger charge is -2.26. The zero-order valence-electron chi connectivity index (χ0n) is 11.3. The average Bonchev–Trinajstić information content (AvgIpc) is 3.07. The van der Waals surface area contributed by atoms with Gasteiger partial charge in [0.15, 0.2) is 0 Å². The van der Waals surface area contributed by atoms with Crippen LogP contribution in [0.3, 0.4) is 0 Å². The average molecular weight is 256 g/mol. The van der Waals surface area contributed by atoms with Gasteiger partial charge in [-0.05, 0) is 31.9 Å². The van der Waals surface area contributed by atoms with E-state index in [0.717, 1.165) is 30.2 Å². The van der Waals surface area contributed by atoms with Crippen molar-refractivity contribution in [3.8, 4) is 5.69 Å². The standard InChI is InChI=1S/C15H20N4/c1-12-17-18-14(15(11-16)9-5-6-10-15)19(12)13-7-3-2-4-8-13/h2-4,7-8H,5-6,9-11,16H2,1H3. The van der Waals surface area contributed by atoms with Crippen LogP contribution in [-0.2, 0) is 5.41 Å². The van der Waals surface area contributed by atoms with E-state index >= 15 is 0 Å². The van der Waals surface area contributed by atoms with E-state index in [2.05, 4.69) is 26.9 Å². The topological polar surface area (TPSA) is 56.7 Å². The van der Waals surface area contributed by atoms with E-state index < -0.39 is 0 Å². The van der Waals surface area contributed by atoms with Crippen LogP contribution in [0.15, 0.2) is 30.3 Å². The van der Waals surface area contributed by atoms with Crippen LogP contribution in [-0.4, -0.2) is 21.3 Å². The van der Waals surface area contributed by atoms with Gasteiger partial charge in [-0.1, -0.05) is 31.0 Å². The summed E-state index contributed by atoms with van der Waals surface area (Å²) in [7, 11) is 0. The van der Waals surface area contributed by atoms with E-state index in [1.54, 1.807) is 0 Å². The molecule has 1 aliphatic carbocycles. The fourth-order valence-electron chi connectivity index (χ4n) is 3.16. The molecule has 0 saturated heterocycles. The van der Waals surface area contributed by atoms with E-state index in [-0.39, 0.29) is 5.41 Å². The van der Waals surface area contributed by atoms with Crippen LogP contribution in [0.5, 0.6) is 0 Å². The summed E-state index contributed by atoms with van der Waals surface area (Å²) in [6.07, 6.45) is 4.71. The lowest BCUT2D eigenvalue weighted by Crippen LogP contribution is -2.35. The number of para-hydroxylation sites is 1. The van der Waals surface area contributed by atoms with Gasteiger partial charge >= 0.3 is 0 Å². The predicted molar refractivity (Wildman–Crippen MR) is 75.3 cm³/mol. The molecule has 0 spiro atoms. The van der Waals surface area contributed by atoms with Crippen LogP contribution in [0.25, 0.3) is 5.69 Å². The third-order valence-corrected chi connectivity index (χ3v) is 4.26. The lowest BCUT2D eigenvalue weighted by molar-refractivity contribution is 0.417. The molecule has 2 aromatic rings. The van der Waals surface area contributed by atoms with Gasteiger partial charge in [-0.3, -0.25) is 4.57 Å². The molecule has 19 heavy (non-hydrogen) atoms. The van der Waals surface area contributed by atoms with Gasteiger partial charge in [-0.15, -0.1) is 10.2 Å². The van der Waals surface area contributed by atoms with E-state index in [4.69, 9.17) is 5.73 Å². The molecule has 100 valence electrons. The maximum Gasteiger partial charge on any atom is 0.145 e. The first-order chi connectivity index (χ1) is 9.27. The molecule has 0 aliphatic heterocycles. The van der Waals surface area contributed by atoms with Gasteiger partial charge in [0.25, 0.3) is 0 Å². The van der Waals surface area contributed by atoms with Crippen LogP contribution in [0.1, 0.15) is 37.3 Å². The summed E-state index contributed by atoms with van der Waals surface area (Å²) in [4.78, 5) is 0. The molecule has 0 unspecified atom stereocenters. The highest BCUT2D eigenvalue weighted by Crippen LogP contribution is 2.40. The van der Waals surface area contributed by atoms with Gasteiger partial charge in [0, 0.05) is 17.6 Å². The Balaban J connectivity index is 2.13. The second-order valence-corrected chi connectivity index (χ2v) is 5.43. The number of hydrogen-bond donors (Lipinski definition) is 1. The van der Waals surface area contributed by atoms with Crippen molar-refractivity contribution < 1.29 is 0 Å². The molecule has 4 heteroatoms. The summed E-state index contributed by atoms with van der Waals surface area (Å²) in [5.74, 6) is 1.97. The van der Waals surface area contributed by atoms with Crippen molar-refractivity contribution in [1.29, 1.82) is 0 Å². The fourth-order valence-corrected chi connectivity index (χ4v) is 3.16. The number of hydrogen-bond acceptors (Lipinski definition) is 3. The molecule has 1 aromatic heterocycles. The number of nitrogens with zero attached hydrogens (tertiary/aromatic N) is 3. The van der Waals surface area contributed by atoms with Crippen LogP contribution in [0, 0.1) is 6.92 Å². The third kappa shape index (κ3) is 1.96. The maximum atomic E-state index is 6.08. The van der Waals surface area contributed by atoms with Gasteiger partial charge in [-0.2, -0.15) is 0 Å². The number of rotatable bonds is 3. The van der Waals surface area contributed by atoms with E-state index in [0.29, 0.717) is 6.54 Å². The van der Waals surface area contributed by atoms with Crippen molar-refractivity contribution >= 4 is 0 Å². The SMILES string of the molecule is Cc1nnc(C2(CN)CCCC2)n1-c1ccccc1. The Labute approximate surface area is 113 Å². The van der Waals surface area contributed by atoms with Gasteiger partial charge < -0.3 is 5.73 Å². The molecular formula is C15H20N4. The minimum atomic E-state index is 0.0110. The molecule has 0 atom stereocenters. The molecule has 0 bridgehead atoms. The van der Waals surface area contributed by atoms with Crippen LogP contribution in [0.4, 0.5) is 0 Å². The minimum Gasteiger partial charge on any atom is -0.329 e. The summed E-state index contributed by atoms with van der Waals surface area (Å²) in [5, 5.41) is 8.74. The molecule has 1 heterocycles. The fraction of sp³-hybridized carbons (Fsp3) is 0.467. The summed E-state index contributed by atoms with van der Waals surface area (Å²) in [6, 6.07) is 10.3. The zero-order valence-corrected chi connectivity index (χ0v) is 11.3. The van der Waals surface area contributed by atoms with E-state index in [9.17, 15) is 0 Å². The second kappa shape index (κ2) is 4.78. The molecule has 1 aliphatic rings. The molecule has 2 N–H and O–H groups in total. The first-order valence-electron chi connectivity index (χ1n) is 6.95. The molecule has 4 nitrogen and oxygen atoms in total. The summed E-state index contributed by atoms with van der Waals surface area (Å²) in [5.41, 5.74) is 7.21. The molecule has 1 aromatic carbocycles. The third-order valence-electron chi connectivity index (χ3n) is 4.26. The molecule has 0 radical (unpaired) electrons. The quantitative estimate of drug-likeness (QED) is 0.917. The first kappa shape index (κ1) is 12.4. The highest BCUT2D eigenvalue weighted by molar-refractivity contribution is 5.35. The number of aryl methyl sites for hydroxylation is 1. The van der Waals surface area contributed by atoms with Gasteiger partial charge in [-0.25, -0.2) is 0 Å². The van der Waals surface area contributed by atoms with Crippen molar-refractivity contribution in [3.63, 3.8) is 0 Å². The number of nitrogens with two attached hydrogens (primary N) is 1. The predicted octanol–water partition coefficient (Wildman–Crippen LogP) is 2.35. The lowest BCUT2D eigenvalue weighted by atomic mass is 9.85. The number of aromatic nitrogens is 3. The second-order valence-electron chi connectivity index (χ2n) is 5.43. The molecule has 3 rings (SSSR count). The molecule has 0 amide bonds. The van der Waals surface area contributed by atoms with Gasteiger partial charge in [0.05, 0.1) is 0 Å². The Morgan fingerprint density at radius 3 is 2.47 bits per heavy atom. The normalized spacial score (nSPS) is 17.8. The Bertz CT molecular complexity index is 553. The van der Waals surface area contributed by atoms with E-state index in [1.807, 2.05) is 25.1 Å². The summed E-state index contributed by atoms with van der Waals surface area (Å²) < 4.78 is 2.16. The van der Waals surface area contributed by atoms with Crippen LogP contribution < -0.4 is 5.73 Å². The number of benzene rings is 1. The maximum absolute atomic E-state index is 6.08. The van der Waals surface area contributed by atoms with Crippen molar-refractivity contribution in [2.24, 2.45) is 5.73 Å². The Hall–Kier alpha value is -1.68. The smallest absolute Gasteiger partial charge is 0.145 e. The Kier molecular flexibility index (Phi) is 3.11. The van der Waals surface area contributed by atoms with Gasteiger partial charge in [0.1, 0.15) is 11.6 Å². The van der Waals surface area contributed by atoms with Crippen molar-refractivity contribution in [3.05, 3.63) is 42.0 Å². The highest BCUT2D eigenvalue weighted by Gasteiger charge is 2.39. The minimum absolute atomic E-state index is 0.0110. The summed E-state index contributed by atoms with van der Waals surface area (Å²) >= 11 is 0. The van der Waals surface area contributed by atoms with Gasteiger partial charge in [0.2, 0.25) is 0 Å². The van der Waals surface area contributed by atoms with Crippen LogP contribution in [0.2, 0.25) is 0 Å². The highest BCUT2D eigenvalue weighted by atomic mass is 15.3. The van der Waals surface area contributed by atoms with Crippen molar-refractivity contribution in [2.75, 3.05) is 6.54 Å². The van der Waals surface area contributed by atoms with Crippen molar-refractivity contribution in [1.82, 2.24) is 14.8 Å². The first-order valence-corrected chi connectivity index (χ1v) is 6.95. The summed E-state index contributed by atoms with van der Waals surface area (Å²) in [6.45, 7) is 2.65. The molecule has 1 saturated carbocycles. The zero-order chi connectivity index (χ0) is 13.3. The Morgan fingerprint density at radius 1 is 1.16 bits per heavy atom. The van der Waals surface area contributed by atoms with Crippen LogP contribution >= 0.6 is 0 Å². The van der Waals surface area contributed by atoms with E-state index in [1.165, 1.54) is 12.8 Å². The molecule has 1 fully saturated rings. The largest absolute Gasteiger partial charge is 0.329 e. The molecular weight excluding hydrogens is 236 g/mol. The Morgan fingerprint density at radius 2 is 1.84 bits per heavy atom. The monoisotopic (exact) mass is 256 g/mol.